The van der Waals surface area contributed by atoms with Crippen LogP contribution in [-0.4, -0.2) is 63.1 Å². The number of amides is 1. The van der Waals surface area contributed by atoms with Gasteiger partial charge in [0.15, 0.2) is 9.84 Å². The molecule has 0 unspecified atom stereocenters. The van der Waals surface area contributed by atoms with Crippen molar-refractivity contribution in [3.8, 4) is 0 Å². The van der Waals surface area contributed by atoms with E-state index in [1.165, 1.54) is 6.07 Å². The van der Waals surface area contributed by atoms with Crippen LogP contribution in [0.3, 0.4) is 0 Å². The fourth-order valence-corrected chi connectivity index (χ4v) is 3.89. The van der Waals surface area contributed by atoms with Gasteiger partial charge in [-0.25, -0.2) is 8.42 Å². The summed E-state index contributed by atoms with van der Waals surface area (Å²) in [4.78, 5) is 16.1. The van der Waals surface area contributed by atoms with Crippen LogP contribution in [0.5, 0.6) is 0 Å². The highest BCUT2D eigenvalue weighted by atomic mass is 32.2. The monoisotopic (exact) mass is 311 g/mol. The van der Waals surface area contributed by atoms with Crippen LogP contribution in [0, 0.1) is 6.92 Å². The van der Waals surface area contributed by atoms with Crippen LogP contribution in [0.4, 0.5) is 5.69 Å². The van der Waals surface area contributed by atoms with E-state index >= 15 is 0 Å². The molecule has 0 bridgehead atoms. The lowest BCUT2D eigenvalue weighted by molar-refractivity contribution is -0.129. The Balaban J connectivity index is 2.14. The van der Waals surface area contributed by atoms with Gasteiger partial charge in [0, 0.05) is 31.9 Å². The third-order valence-electron chi connectivity index (χ3n) is 3.83. The van der Waals surface area contributed by atoms with Crippen LogP contribution in [0.1, 0.15) is 5.56 Å². The van der Waals surface area contributed by atoms with Gasteiger partial charge in [-0.05, 0) is 31.7 Å². The lowest BCUT2D eigenvalue weighted by Gasteiger charge is -2.32. The van der Waals surface area contributed by atoms with E-state index in [-0.39, 0.29) is 10.8 Å². The van der Waals surface area contributed by atoms with Crippen molar-refractivity contribution in [2.45, 2.75) is 11.8 Å². The Labute approximate surface area is 125 Å². The van der Waals surface area contributed by atoms with Gasteiger partial charge in [0.25, 0.3) is 0 Å². The third-order valence-corrected chi connectivity index (χ3v) is 5.57. The third kappa shape index (κ3) is 3.54. The summed E-state index contributed by atoms with van der Waals surface area (Å²) in [6.45, 7) is 4.33. The van der Waals surface area contributed by atoms with E-state index in [9.17, 15) is 13.2 Å². The van der Waals surface area contributed by atoms with Crippen LogP contribution in [0.2, 0.25) is 0 Å². The number of hydrogen-bond acceptors (Lipinski definition) is 5. The number of rotatable bonds is 3. The molecule has 1 aromatic rings. The van der Waals surface area contributed by atoms with Crippen molar-refractivity contribution in [3.05, 3.63) is 23.8 Å². The molecule has 6 nitrogen and oxygen atoms in total. The minimum atomic E-state index is -3.66. The zero-order valence-corrected chi connectivity index (χ0v) is 13.2. The van der Waals surface area contributed by atoms with Crippen LogP contribution in [0.25, 0.3) is 0 Å². The first kappa shape index (κ1) is 15.8. The minimum Gasteiger partial charge on any atom is -0.398 e. The number of carbonyl (C=O) groups is 1. The van der Waals surface area contributed by atoms with Gasteiger partial charge in [-0.3, -0.25) is 4.79 Å². The van der Waals surface area contributed by atoms with E-state index < -0.39 is 15.6 Å². The first-order valence-corrected chi connectivity index (χ1v) is 8.50. The second-order valence-corrected chi connectivity index (χ2v) is 7.37. The molecular weight excluding hydrogens is 290 g/mol. The Morgan fingerprint density at radius 3 is 2.48 bits per heavy atom. The SMILES string of the molecule is Cc1c(N)cccc1S(=O)(=O)CC(=O)N1CCN(C)CC1. The number of carbonyl (C=O) groups excluding carboxylic acids is 1. The van der Waals surface area contributed by atoms with E-state index in [4.69, 9.17) is 5.73 Å². The Morgan fingerprint density at radius 2 is 1.86 bits per heavy atom. The van der Waals surface area contributed by atoms with E-state index in [2.05, 4.69) is 4.90 Å². The zero-order chi connectivity index (χ0) is 15.6. The van der Waals surface area contributed by atoms with Crippen LogP contribution in [0.15, 0.2) is 23.1 Å². The molecule has 7 heteroatoms. The largest absolute Gasteiger partial charge is 0.398 e. The highest BCUT2D eigenvalue weighted by molar-refractivity contribution is 7.92. The molecule has 1 aliphatic heterocycles. The highest BCUT2D eigenvalue weighted by Crippen LogP contribution is 2.22. The van der Waals surface area contributed by atoms with E-state index in [1.807, 2.05) is 7.05 Å². The summed E-state index contributed by atoms with van der Waals surface area (Å²) < 4.78 is 24.8. The normalized spacial score (nSPS) is 17.0. The van der Waals surface area contributed by atoms with Crippen LogP contribution in [-0.2, 0) is 14.6 Å². The standard InChI is InChI=1S/C14H21N3O3S/c1-11-12(15)4-3-5-13(11)21(19,20)10-14(18)17-8-6-16(2)7-9-17/h3-5H,6-10,15H2,1-2H3. The maximum absolute atomic E-state index is 12.4. The Hall–Kier alpha value is -1.60. The molecule has 0 spiro atoms. The quantitative estimate of drug-likeness (QED) is 0.802. The number of hydrogen-bond donors (Lipinski definition) is 1. The molecule has 0 radical (unpaired) electrons. The van der Waals surface area contributed by atoms with E-state index in [0.717, 1.165) is 13.1 Å². The summed E-state index contributed by atoms with van der Waals surface area (Å²) in [5, 5.41) is 0. The number of piperazine rings is 1. The summed E-state index contributed by atoms with van der Waals surface area (Å²) in [7, 11) is -1.68. The van der Waals surface area contributed by atoms with Crippen molar-refractivity contribution < 1.29 is 13.2 Å². The summed E-state index contributed by atoms with van der Waals surface area (Å²) in [6.07, 6.45) is 0. The highest BCUT2D eigenvalue weighted by Gasteiger charge is 2.26. The molecule has 0 saturated carbocycles. The van der Waals surface area contributed by atoms with Crippen molar-refractivity contribution in [2.75, 3.05) is 44.7 Å². The molecule has 2 N–H and O–H groups in total. The van der Waals surface area contributed by atoms with Gasteiger partial charge < -0.3 is 15.5 Å². The predicted molar refractivity (Wildman–Crippen MR) is 81.7 cm³/mol. The van der Waals surface area contributed by atoms with Gasteiger partial charge in [0.1, 0.15) is 5.75 Å². The van der Waals surface area contributed by atoms with Gasteiger partial charge in [-0.15, -0.1) is 0 Å². The molecular formula is C14H21N3O3S. The fraction of sp³-hybridized carbons (Fsp3) is 0.500. The number of sulfone groups is 1. The molecule has 1 aliphatic rings. The molecule has 21 heavy (non-hydrogen) atoms. The topological polar surface area (TPSA) is 83.7 Å². The average molecular weight is 311 g/mol. The Bertz CT molecular complexity index is 635. The van der Waals surface area contributed by atoms with Crippen molar-refractivity contribution in [3.63, 3.8) is 0 Å². The first-order chi connectivity index (χ1) is 9.81. The molecule has 1 heterocycles. The summed E-state index contributed by atoms with van der Waals surface area (Å²) in [6, 6.07) is 4.74. The molecule has 1 aromatic carbocycles. The minimum absolute atomic E-state index is 0.143. The maximum Gasteiger partial charge on any atom is 0.238 e. The number of nitrogen functional groups attached to an aromatic ring is 1. The predicted octanol–water partition coefficient (Wildman–Crippen LogP) is 0.125. The number of nitrogens with two attached hydrogens (primary N) is 1. The smallest absolute Gasteiger partial charge is 0.238 e. The van der Waals surface area contributed by atoms with Gasteiger partial charge >= 0.3 is 0 Å². The molecule has 1 amide bonds. The van der Waals surface area contributed by atoms with E-state index in [1.54, 1.807) is 24.0 Å². The lowest BCUT2D eigenvalue weighted by atomic mass is 10.2. The number of nitrogens with zero attached hydrogens (tertiary/aromatic N) is 2. The summed E-state index contributed by atoms with van der Waals surface area (Å²) in [5.41, 5.74) is 6.66. The van der Waals surface area contributed by atoms with Crippen molar-refractivity contribution in [1.82, 2.24) is 9.80 Å². The molecule has 0 aromatic heterocycles. The Kier molecular flexibility index (Phi) is 4.53. The van der Waals surface area contributed by atoms with Crippen molar-refractivity contribution in [2.24, 2.45) is 0 Å². The zero-order valence-electron chi connectivity index (χ0n) is 12.4. The first-order valence-electron chi connectivity index (χ1n) is 6.85. The average Bonchev–Trinajstić information content (AvgIpc) is 2.41. The van der Waals surface area contributed by atoms with Crippen LogP contribution >= 0.6 is 0 Å². The molecule has 1 saturated heterocycles. The Morgan fingerprint density at radius 1 is 1.24 bits per heavy atom. The van der Waals surface area contributed by atoms with Gasteiger partial charge in [-0.2, -0.15) is 0 Å². The molecule has 116 valence electrons. The van der Waals surface area contributed by atoms with Gasteiger partial charge in [-0.1, -0.05) is 6.07 Å². The summed E-state index contributed by atoms with van der Waals surface area (Å²) in [5.74, 6) is -0.842. The summed E-state index contributed by atoms with van der Waals surface area (Å²) >= 11 is 0. The van der Waals surface area contributed by atoms with Gasteiger partial charge in [0.05, 0.1) is 4.90 Å². The number of anilines is 1. The van der Waals surface area contributed by atoms with E-state index in [0.29, 0.717) is 24.3 Å². The molecule has 1 fully saturated rings. The van der Waals surface area contributed by atoms with Gasteiger partial charge in [0.2, 0.25) is 5.91 Å². The van der Waals surface area contributed by atoms with Crippen molar-refractivity contribution >= 4 is 21.4 Å². The fourth-order valence-electron chi connectivity index (χ4n) is 2.36. The molecule has 0 aliphatic carbocycles. The molecule has 2 rings (SSSR count). The lowest BCUT2D eigenvalue weighted by Crippen LogP contribution is -2.48. The number of benzene rings is 1. The number of likely N-dealkylation sites (N-methyl/N-ethyl adjacent to an activating group) is 1. The van der Waals surface area contributed by atoms with Crippen LogP contribution < -0.4 is 5.73 Å². The maximum atomic E-state index is 12.4. The second kappa shape index (κ2) is 6.03. The van der Waals surface area contributed by atoms with Crippen molar-refractivity contribution in [1.29, 1.82) is 0 Å². The molecule has 0 atom stereocenters. The second-order valence-electron chi connectivity index (χ2n) is 5.41.